The fourth-order valence-electron chi connectivity index (χ4n) is 1.09. The van der Waals surface area contributed by atoms with Crippen molar-refractivity contribution in [2.24, 2.45) is 0 Å². The Labute approximate surface area is 97.8 Å². The number of hydrogen-bond donors (Lipinski definition) is 0. The number of methoxy groups -OCH3 is 1. The predicted octanol–water partition coefficient (Wildman–Crippen LogP) is 3.30. The predicted molar refractivity (Wildman–Crippen MR) is 64.0 cm³/mol. The fourth-order valence-corrected chi connectivity index (χ4v) is 1.09. The van der Waals surface area contributed by atoms with Crippen molar-refractivity contribution < 1.29 is 14.3 Å². The Kier molecular flexibility index (Phi) is 8.05. The van der Waals surface area contributed by atoms with E-state index in [-0.39, 0.29) is 6.10 Å². The summed E-state index contributed by atoms with van der Waals surface area (Å²) < 4.78 is 9.28. The third-order valence-electron chi connectivity index (χ3n) is 1.87. The van der Waals surface area contributed by atoms with Crippen LogP contribution in [-0.4, -0.2) is 19.4 Å². The van der Waals surface area contributed by atoms with E-state index in [0.29, 0.717) is 0 Å². The molecule has 0 spiro atoms. The average molecular weight is 224 g/mol. The maximum atomic E-state index is 10.8. The first kappa shape index (κ1) is 14.6. The van der Waals surface area contributed by atoms with E-state index < -0.39 is 6.16 Å². The van der Waals surface area contributed by atoms with Gasteiger partial charge in [0.1, 0.15) is 6.10 Å². The highest BCUT2D eigenvalue weighted by Gasteiger charge is 2.05. The maximum absolute atomic E-state index is 10.8. The summed E-state index contributed by atoms with van der Waals surface area (Å²) in [6.45, 7) is 5.81. The van der Waals surface area contributed by atoms with Gasteiger partial charge in [0.25, 0.3) is 0 Å². The average Bonchev–Trinajstić information content (AvgIpc) is 2.24. The minimum Gasteiger partial charge on any atom is -0.438 e. The third kappa shape index (κ3) is 7.93. The molecule has 3 nitrogen and oxygen atoms in total. The minimum absolute atomic E-state index is 0.312. The first-order valence-electron chi connectivity index (χ1n) is 5.52. The SMILES string of the molecule is CCCCC#C/C(C)=C\[C@@H](C)OC(=O)OC. The molecule has 0 bridgehead atoms. The molecule has 0 aliphatic heterocycles. The van der Waals surface area contributed by atoms with E-state index in [1.54, 1.807) is 13.0 Å². The number of rotatable bonds is 4. The van der Waals surface area contributed by atoms with Gasteiger partial charge in [-0.15, -0.1) is 0 Å². The van der Waals surface area contributed by atoms with Crippen molar-refractivity contribution in [3.05, 3.63) is 11.6 Å². The Hall–Kier alpha value is -1.43. The summed E-state index contributed by atoms with van der Waals surface area (Å²) in [6, 6.07) is 0. The molecule has 90 valence electrons. The van der Waals surface area contributed by atoms with Crippen LogP contribution in [0.5, 0.6) is 0 Å². The van der Waals surface area contributed by atoms with E-state index in [1.165, 1.54) is 7.11 Å². The Morgan fingerprint density at radius 1 is 1.50 bits per heavy atom. The van der Waals surface area contributed by atoms with E-state index in [2.05, 4.69) is 23.5 Å². The van der Waals surface area contributed by atoms with Gasteiger partial charge < -0.3 is 9.47 Å². The van der Waals surface area contributed by atoms with Gasteiger partial charge in [0.2, 0.25) is 0 Å². The number of carbonyl (C=O) groups excluding carboxylic acids is 1. The number of allylic oxidation sites excluding steroid dienone is 1. The van der Waals surface area contributed by atoms with E-state index >= 15 is 0 Å². The molecule has 16 heavy (non-hydrogen) atoms. The van der Waals surface area contributed by atoms with Crippen molar-refractivity contribution in [2.45, 2.75) is 46.1 Å². The molecule has 0 aromatic heterocycles. The molecule has 0 N–H and O–H groups in total. The highest BCUT2D eigenvalue weighted by molar-refractivity contribution is 5.60. The van der Waals surface area contributed by atoms with Crippen LogP contribution in [0, 0.1) is 11.8 Å². The minimum atomic E-state index is -0.671. The summed E-state index contributed by atoms with van der Waals surface area (Å²) in [6.07, 6.45) is 4.00. The first-order chi connectivity index (χ1) is 7.60. The summed E-state index contributed by atoms with van der Waals surface area (Å²) in [7, 11) is 1.29. The highest BCUT2D eigenvalue weighted by atomic mass is 16.7. The summed E-state index contributed by atoms with van der Waals surface area (Å²) >= 11 is 0. The lowest BCUT2D eigenvalue weighted by molar-refractivity contribution is 0.0577. The van der Waals surface area contributed by atoms with Gasteiger partial charge in [-0.2, -0.15) is 0 Å². The topological polar surface area (TPSA) is 35.5 Å². The molecule has 0 aromatic rings. The lowest BCUT2D eigenvalue weighted by atomic mass is 10.2. The quantitative estimate of drug-likeness (QED) is 0.417. The van der Waals surface area contributed by atoms with Gasteiger partial charge in [0.05, 0.1) is 7.11 Å². The Bertz CT molecular complexity index is 294. The molecule has 0 radical (unpaired) electrons. The van der Waals surface area contributed by atoms with Crippen LogP contribution in [0.15, 0.2) is 11.6 Å². The van der Waals surface area contributed by atoms with Crippen LogP contribution in [0.3, 0.4) is 0 Å². The standard InChI is InChI=1S/C13H20O3/c1-5-6-7-8-9-11(2)10-12(3)16-13(14)15-4/h10,12H,5-7H2,1-4H3/b11-10-/t12-/m1/s1. The monoisotopic (exact) mass is 224 g/mol. The molecule has 0 aromatic carbocycles. The lowest BCUT2D eigenvalue weighted by Gasteiger charge is -2.07. The molecule has 0 unspecified atom stereocenters. The van der Waals surface area contributed by atoms with Crippen molar-refractivity contribution in [3.63, 3.8) is 0 Å². The van der Waals surface area contributed by atoms with Crippen molar-refractivity contribution in [3.8, 4) is 11.8 Å². The Morgan fingerprint density at radius 3 is 2.75 bits per heavy atom. The number of hydrogen-bond acceptors (Lipinski definition) is 3. The molecular weight excluding hydrogens is 204 g/mol. The molecule has 0 saturated carbocycles. The van der Waals surface area contributed by atoms with Crippen LogP contribution in [0.4, 0.5) is 4.79 Å². The van der Waals surface area contributed by atoms with Crippen LogP contribution in [0.1, 0.15) is 40.0 Å². The van der Waals surface area contributed by atoms with Gasteiger partial charge in [-0.3, -0.25) is 0 Å². The van der Waals surface area contributed by atoms with E-state index in [9.17, 15) is 4.79 Å². The summed E-state index contributed by atoms with van der Waals surface area (Å²) in [5, 5.41) is 0. The fraction of sp³-hybridized carbons (Fsp3) is 0.615. The number of unbranched alkanes of at least 4 members (excludes halogenated alkanes) is 2. The molecule has 1 atom stereocenters. The Morgan fingerprint density at radius 2 is 2.19 bits per heavy atom. The van der Waals surface area contributed by atoms with Crippen LogP contribution in [0.2, 0.25) is 0 Å². The first-order valence-corrected chi connectivity index (χ1v) is 5.52. The molecule has 0 rings (SSSR count). The van der Waals surface area contributed by atoms with E-state index in [0.717, 1.165) is 24.8 Å². The van der Waals surface area contributed by atoms with Gasteiger partial charge in [0.15, 0.2) is 0 Å². The largest absolute Gasteiger partial charge is 0.508 e. The molecule has 0 heterocycles. The highest BCUT2D eigenvalue weighted by Crippen LogP contribution is 2.01. The van der Waals surface area contributed by atoms with Crippen molar-refractivity contribution in [1.82, 2.24) is 0 Å². The zero-order valence-corrected chi connectivity index (χ0v) is 10.5. The number of carbonyl (C=O) groups is 1. The van der Waals surface area contributed by atoms with Gasteiger partial charge >= 0.3 is 6.16 Å². The smallest absolute Gasteiger partial charge is 0.438 e. The molecular formula is C13H20O3. The summed E-state index contributed by atoms with van der Waals surface area (Å²) in [5.74, 6) is 6.09. The van der Waals surface area contributed by atoms with E-state index in [4.69, 9.17) is 4.74 Å². The number of ether oxygens (including phenoxy) is 2. The van der Waals surface area contributed by atoms with Gasteiger partial charge in [-0.05, 0) is 31.9 Å². The van der Waals surface area contributed by atoms with Gasteiger partial charge in [0, 0.05) is 6.42 Å². The molecule has 0 amide bonds. The van der Waals surface area contributed by atoms with E-state index in [1.807, 2.05) is 6.92 Å². The van der Waals surface area contributed by atoms with Crippen molar-refractivity contribution in [1.29, 1.82) is 0 Å². The second-order valence-electron chi connectivity index (χ2n) is 3.53. The summed E-state index contributed by atoms with van der Waals surface area (Å²) in [4.78, 5) is 10.8. The van der Waals surface area contributed by atoms with Gasteiger partial charge in [-0.1, -0.05) is 25.2 Å². The third-order valence-corrected chi connectivity index (χ3v) is 1.87. The molecule has 0 saturated heterocycles. The zero-order chi connectivity index (χ0) is 12.4. The summed E-state index contributed by atoms with van der Waals surface area (Å²) in [5.41, 5.74) is 0.910. The van der Waals surface area contributed by atoms with Crippen LogP contribution in [-0.2, 0) is 9.47 Å². The van der Waals surface area contributed by atoms with Crippen LogP contribution >= 0.6 is 0 Å². The molecule has 0 aliphatic carbocycles. The van der Waals surface area contributed by atoms with Gasteiger partial charge in [-0.25, -0.2) is 4.79 Å². The zero-order valence-electron chi connectivity index (χ0n) is 10.5. The molecule has 0 fully saturated rings. The van der Waals surface area contributed by atoms with Crippen LogP contribution < -0.4 is 0 Å². The van der Waals surface area contributed by atoms with Crippen LogP contribution in [0.25, 0.3) is 0 Å². The Balaban J connectivity index is 4.08. The normalized spacial score (nSPS) is 12.4. The second kappa shape index (κ2) is 8.84. The maximum Gasteiger partial charge on any atom is 0.508 e. The van der Waals surface area contributed by atoms with Crippen molar-refractivity contribution >= 4 is 6.16 Å². The van der Waals surface area contributed by atoms with Crippen molar-refractivity contribution in [2.75, 3.05) is 7.11 Å². The molecule has 3 heteroatoms. The molecule has 0 aliphatic rings. The second-order valence-corrected chi connectivity index (χ2v) is 3.53. The lowest BCUT2D eigenvalue weighted by Crippen LogP contribution is -2.12.